The Morgan fingerprint density at radius 1 is 1.29 bits per heavy atom. The normalized spacial score (nSPS) is 17.7. The highest BCUT2D eigenvalue weighted by Gasteiger charge is 2.47. The van der Waals surface area contributed by atoms with Crippen LogP contribution < -0.4 is 15.5 Å². The van der Waals surface area contributed by atoms with Crippen LogP contribution in [0.15, 0.2) is 29.2 Å². The average Bonchev–Trinajstić information content (AvgIpc) is 3.44. The molecule has 0 spiro atoms. The molecule has 2 heterocycles. The van der Waals surface area contributed by atoms with Crippen molar-refractivity contribution < 1.29 is 28.0 Å². The smallest absolute Gasteiger partial charge is 0.345 e. The topological polar surface area (TPSA) is 166 Å². The van der Waals surface area contributed by atoms with Crippen molar-refractivity contribution in [3.8, 4) is 0 Å². The summed E-state index contributed by atoms with van der Waals surface area (Å²) < 4.78 is 28.6. The van der Waals surface area contributed by atoms with E-state index in [-0.39, 0.29) is 11.4 Å². The number of unbranched alkanes of at least 4 members (excludes halogenated alkanes) is 1. The third-order valence-corrected chi connectivity index (χ3v) is 7.44. The van der Waals surface area contributed by atoms with E-state index in [0.717, 1.165) is 16.3 Å². The van der Waals surface area contributed by atoms with Crippen molar-refractivity contribution in [1.29, 1.82) is 0 Å². The van der Waals surface area contributed by atoms with Crippen LogP contribution in [0.1, 0.15) is 44.5 Å². The summed E-state index contributed by atoms with van der Waals surface area (Å²) in [6.45, 7) is 7.17. The summed E-state index contributed by atoms with van der Waals surface area (Å²) >= 11 is 0. The number of aromatic nitrogens is 2. The minimum Gasteiger partial charge on any atom is -0.478 e. The van der Waals surface area contributed by atoms with E-state index in [9.17, 15) is 23.1 Å². The third kappa shape index (κ3) is 5.99. The first-order valence-electron chi connectivity index (χ1n) is 11.3. The van der Waals surface area contributed by atoms with Crippen LogP contribution in [0.5, 0.6) is 0 Å². The van der Waals surface area contributed by atoms with Crippen LogP contribution in [-0.4, -0.2) is 65.1 Å². The SMILES string of the molecule is CCCCN(C(=O)C1CCON1)C(C)(NS(=O)(=O)c1ccc(Nc2nc(C)c(C)[nH]2)cc1)C(=O)O. The van der Waals surface area contributed by atoms with E-state index in [4.69, 9.17) is 4.84 Å². The molecule has 1 aromatic carbocycles. The van der Waals surface area contributed by atoms with Crippen molar-refractivity contribution >= 4 is 33.5 Å². The number of hydrogen-bond donors (Lipinski definition) is 5. The standard InChI is InChI=1S/C22H32N6O6S/c1-5-6-12-28(19(29)18-11-13-34-26-18)22(4,20(30)31)27-35(32,33)17-9-7-16(8-10-17)25-21-23-14(2)15(3)24-21/h7-10,18,26-27H,5-6,11-13H2,1-4H3,(H,30,31)(H2,23,24,25). The molecular weight excluding hydrogens is 476 g/mol. The van der Waals surface area contributed by atoms with Gasteiger partial charge in [0.15, 0.2) is 0 Å². The number of aromatic amines is 1. The number of imidazole rings is 1. The fourth-order valence-corrected chi connectivity index (χ4v) is 4.96. The van der Waals surface area contributed by atoms with Gasteiger partial charge in [-0.25, -0.2) is 18.2 Å². The summed E-state index contributed by atoms with van der Waals surface area (Å²) in [6.07, 6.45) is 1.53. The maximum atomic E-state index is 13.2. The molecule has 12 nitrogen and oxygen atoms in total. The van der Waals surface area contributed by atoms with Crippen molar-refractivity contribution in [1.82, 2.24) is 25.1 Å². The lowest BCUT2D eigenvalue weighted by Gasteiger charge is -2.39. The molecule has 1 aromatic heterocycles. The Morgan fingerprint density at radius 3 is 2.49 bits per heavy atom. The van der Waals surface area contributed by atoms with Crippen LogP contribution in [0.25, 0.3) is 0 Å². The molecule has 13 heteroatoms. The van der Waals surface area contributed by atoms with E-state index < -0.39 is 33.6 Å². The lowest BCUT2D eigenvalue weighted by molar-refractivity contribution is -0.160. The number of rotatable bonds is 11. The molecule has 0 saturated carbocycles. The molecule has 1 aliphatic heterocycles. The maximum absolute atomic E-state index is 13.2. The zero-order valence-corrected chi connectivity index (χ0v) is 21.0. The number of nitrogens with one attached hydrogen (secondary N) is 4. The van der Waals surface area contributed by atoms with Crippen LogP contribution in [-0.2, 0) is 24.4 Å². The fraction of sp³-hybridized carbons (Fsp3) is 0.500. The first kappa shape index (κ1) is 26.6. The van der Waals surface area contributed by atoms with Gasteiger partial charge in [-0.2, -0.15) is 10.2 Å². The van der Waals surface area contributed by atoms with Gasteiger partial charge < -0.3 is 25.1 Å². The van der Waals surface area contributed by atoms with Gasteiger partial charge in [0, 0.05) is 17.9 Å². The number of carboxylic acids is 1. The minimum atomic E-state index is -4.31. The van der Waals surface area contributed by atoms with Crippen molar-refractivity contribution in [3.63, 3.8) is 0 Å². The molecule has 35 heavy (non-hydrogen) atoms. The molecule has 1 aliphatic rings. The number of aliphatic carboxylic acids is 1. The molecule has 192 valence electrons. The number of benzene rings is 1. The molecule has 1 fully saturated rings. The molecule has 1 saturated heterocycles. The van der Waals surface area contributed by atoms with Gasteiger partial charge >= 0.3 is 5.97 Å². The largest absolute Gasteiger partial charge is 0.478 e. The number of hydrogen-bond acceptors (Lipinski definition) is 8. The third-order valence-electron chi connectivity index (χ3n) is 5.88. The number of aryl methyl sites for hydroxylation is 2. The minimum absolute atomic E-state index is 0.0592. The summed E-state index contributed by atoms with van der Waals surface area (Å²) in [5, 5.41) is 13.1. The van der Waals surface area contributed by atoms with E-state index in [1.165, 1.54) is 19.1 Å². The summed E-state index contributed by atoms with van der Waals surface area (Å²) in [5.41, 5.74) is 2.70. The van der Waals surface area contributed by atoms with Crippen molar-refractivity contribution in [2.24, 2.45) is 0 Å². The van der Waals surface area contributed by atoms with E-state index in [1.54, 1.807) is 12.1 Å². The number of carboxylic acid groups (broad SMARTS) is 1. The number of amides is 1. The monoisotopic (exact) mass is 508 g/mol. The van der Waals surface area contributed by atoms with E-state index in [1.807, 2.05) is 20.8 Å². The second-order valence-corrected chi connectivity index (χ2v) is 10.3. The summed E-state index contributed by atoms with van der Waals surface area (Å²) in [4.78, 5) is 38.8. The van der Waals surface area contributed by atoms with Crippen molar-refractivity contribution in [2.75, 3.05) is 18.5 Å². The highest BCUT2D eigenvalue weighted by molar-refractivity contribution is 7.89. The second kappa shape index (κ2) is 10.7. The summed E-state index contributed by atoms with van der Waals surface area (Å²) in [7, 11) is -4.31. The predicted octanol–water partition coefficient (Wildman–Crippen LogP) is 1.77. The number of nitrogens with zero attached hydrogens (tertiary/aromatic N) is 2. The average molecular weight is 509 g/mol. The lowest BCUT2D eigenvalue weighted by atomic mass is 10.1. The number of carbonyl (C=O) groups is 2. The van der Waals surface area contributed by atoms with Gasteiger partial charge in [0.05, 0.1) is 17.2 Å². The van der Waals surface area contributed by atoms with Crippen LogP contribution in [0.3, 0.4) is 0 Å². The van der Waals surface area contributed by atoms with Crippen LogP contribution in [0.4, 0.5) is 11.6 Å². The lowest BCUT2D eigenvalue weighted by Crippen LogP contribution is -2.67. The predicted molar refractivity (Wildman–Crippen MR) is 128 cm³/mol. The molecule has 3 rings (SSSR count). The summed E-state index contributed by atoms with van der Waals surface area (Å²) in [5.74, 6) is -1.53. The first-order valence-corrected chi connectivity index (χ1v) is 12.8. The Kier molecular flexibility index (Phi) is 8.15. The Hall–Kier alpha value is -3.00. The molecule has 5 N–H and O–H groups in total. The zero-order chi connectivity index (χ0) is 25.8. The Morgan fingerprint density at radius 2 is 1.97 bits per heavy atom. The van der Waals surface area contributed by atoms with Gasteiger partial charge in [-0.1, -0.05) is 13.3 Å². The Labute approximate surface area is 204 Å². The van der Waals surface area contributed by atoms with Gasteiger partial charge in [0.25, 0.3) is 0 Å². The Balaban J connectivity index is 1.84. The van der Waals surface area contributed by atoms with Crippen LogP contribution in [0, 0.1) is 13.8 Å². The number of sulfonamides is 1. The number of anilines is 2. The molecule has 2 unspecified atom stereocenters. The molecule has 0 aliphatic carbocycles. The highest BCUT2D eigenvalue weighted by Crippen LogP contribution is 2.23. The molecule has 2 aromatic rings. The van der Waals surface area contributed by atoms with Gasteiger partial charge in [0.1, 0.15) is 6.04 Å². The maximum Gasteiger partial charge on any atom is 0.345 e. The van der Waals surface area contributed by atoms with Crippen molar-refractivity contribution in [2.45, 2.75) is 63.6 Å². The summed E-state index contributed by atoms with van der Waals surface area (Å²) in [6, 6.07) is 5.02. The number of hydroxylamine groups is 1. The molecule has 0 radical (unpaired) electrons. The van der Waals surface area contributed by atoms with E-state index in [0.29, 0.717) is 37.5 Å². The molecular formula is C22H32N6O6S. The molecule has 2 atom stereocenters. The van der Waals surface area contributed by atoms with E-state index in [2.05, 4.69) is 25.5 Å². The quantitative estimate of drug-likeness (QED) is 0.284. The van der Waals surface area contributed by atoms with Gasteiger partial charge in [-0.05, 0) is 57.9 Å². The van der Waals surface area contributed by atoms with Gasteiger partial charge in [-0.15, -0.1) is 0 Å². The molecule has 1 amide bonds. The van der Waals surface area contributed by atoms with E-state index >= 15 is 0 Å². The highest BCUT2D eigenvalue weighted by atomic mass is 32.2. The molecule has 0 bridgehead atoms. The van der Waals surface area contributed by atoms with Crippen LogP contribution >= 0.6 is 0 Å². The second-order valence-electron chi connectivity index (χ2n) is 8.58. The number of carbonyl (C=O) groups excluding carboxylic acids is 1. The zero-order valence-electron chi connectivity index (χ0n) is 20.2. The number of H-pyrrole nitrogens is 1. The Bertz CT molecular complexity index is 1140. The fourth-order valence-electron chi connectivity index (χ4n) is 3.62. The van der Waals surface area contributed by atoms with Gasteiger partial charge in [0.2, 0.25) is 27.5 Å². The first-order chi connectivity index (χ1) is 16.5. The van der Waals surface area contributed by atoms with Crippen LogP contribution in [0.2, 0.25) is 0 Å². The van der Waals surface area contributed by atoms with Crippen molar-refractivity contribution in [3.05, 3.63) is 35.7 Å². The van der Waals surface area contributed by atoms with Gasteiger partial charge in [-0.3, -0.25) is 4.79 Å².